The lowest BCUT2D eigenvalue weighted by Gasteiger charge is -2.28. The summed E-state index contributed by atoms with van der Waals surface area (Å²) in [5, 5.41) is 9.40. The monoisotopic (exact) mass is 308 g/mol. The number of carboxylic acid groups (broad SMARTS) is 1. The number of hydrogen-bond acceptors (Lipinski definition) is 3. The lowest BCUT2D eigenvalue weighted by Crippen LogP contribution is -2.36. The van der Waals surface area contributed by atoms with Crippen LogP contribution in [-0.2, 0) is 4.79 Å². The molecule has 1 unspecified atom stereocenters. The summed E-state index contributed by atoms with van der Waals surface area (Å²) in [6.07, 6.45) is 5.18. The van der Waals surface area contributed by atoms with E-state index in [4.69, 9.17) is 16.7 Å². The molecule has 1 fully saturated rings. The number of carboxylic acids is 1. The molecule has 114 valence electrons. The molecule has 4 nitrogen and oxygen atoms in total. The van der Waals surface area contributed by atoms with Gasteiger partial charge in [0.2, 0.25) is 0 Å². The zero-order valence-corrected chi connectivity index (χ0v) is 13.2. The van der Waals surface area contributed by atoms with E-state index >= 15 is 0 Å². The van der Waals surface area contributed by atoms with Gasteiger partial charge in [-0.15, -0.1) is 0 Å². The summed E-state index contributed by atoms with van der Waals surface area (Å²) in [6.45, 7) is 2.07. The van der Waals surface area contributed by atoms with Gasteiger partial charge >= 0.3 is 5.97 Å². The van der Waals surface area contributed by atoms with Crippen LogP contribution in [0.5, 0.6) is 0 Å². The Morgan fingerprint density at radius 1 is 1.57 bits per heavy atom. The van der Waals surface area contributed by atoms with Gasteiger partial charge in [0.15, 0.2) is 0 Å². The van der Waals surface area contributed by atoms with Crippen molar-refractivity contribution in [1.29, 1.82) is 0 Å². The molecular weight excluding hydrogens is 288 g/mol. The van der Waals surface area contributed by atoms with Crippen molar-refractivity contribution in [2.24, 2.45) is 0 Å². The van der Waals surface area contributed by atoms with Crippen molar-refractivity contribution in [3.05, 3.63) is 34.9 Å². The summed E-state index contributed by atoms with van der Waals surface area (Å²) >= 11 is 6.02. The number of halogens is 1. The van der Waals surface area contributed by atoms with E-state index in [1.54, 1.807) is 12.1 Å². The Hall–Kier alpha value is -1.52. The molecule has 0 bridgehead atoms. The largest absolute Gasteiger partial charge is 0.478 e. The van der Waals surface area contributed by atoms with E-state index in [0.29, 0.717) is 11.1 Å². The molecule has 1 saturated heterocycles. The minimum absolute atomic E-state index is 0.544. The molecule has 0 aromatic heterocycles. The quantitative estimate of drug-likeness (QED) is 0.849. The standard InChI is InChI=1S/C16H21ClN2O2/c1-18-9-3-4-14(18)11-19(2)15-7-6-13(17)10-12(15)5-8-16(20)21/h5-8,10,14H,3-4,9,11H2,1-2H3,(H,20,21)/b8-5+. The van der Waals surface area contributed by atoms with Gasteiger partial charge in [-0.2, -0.15) is 0 Å². The summed E-state index contributed by atoms with van der Waals surface area (Å²) in [7, 11) is 4.19. The summed E-state index contributed by atoms with van der Waals surface area (Å²) in [5.74, 6) is -0.959. The van der Waals surface area contributed by atoms with Gasteiger partial charge in [-0.25, -0.2) is 4.79 Å². The van der Waals surface area contributed by atoms with Crippen LogP contribution in [0.3, 0.4) is 0 Å². The summed E-state index contributed by atoms with van der Waals surface area (Å²) in [4.78, 5) is 15.3. The molecule has 0 radical (unpaired) electrons. The number of benzene rings is 1. The maximum Gasteiger partial charge on any atom is 0.328 e. The molecule has 0 saturated carbocycles. The molecule has 1 aliphatic rings. The molecule has 1 atom stereocenters. The van der Waals surface area contributed by atoms with Crippen molar-refractivity contribution in [3.8, 4) is 0 Å². The number of aliphatic carboxylic acids is 1. The second-order valence-corrected chi connectivity index (χ2v) is 5.97. The first-order valence-electron chi connectivity index (χ1n) is 7.09. The molecule has 0 amide bonds. The van der Waals surface area contributed by atoms with Gasteiger partial charge in [-0.1, -0.05) is 11.6 Å². The maximum atomic E-state index is 10.7. The SMILES string of the molecule is CN(CC1CCCN1C)c1ccc(Cl)cc1/C=C/C(=O)O. The molecule has 1 heterocycles. The van der Waals surface area contributed by atoms with E-state index in [2.05, 4.69) is 16.8 Å². The fourth-order valence-corrected chi connectivity index (χ4v) is 2.97. The van der Waals surface area contributed by atoms with Crippen molar-refractivity contribution in [1.82, 2.24) is 4.90 Å². The van der Waals surface area contributed by atoms with Gasteiger partial charge in [0.1, 0.15) is 0 Å². The Morgan fingerprint density at radius 2 is 2.33 bits per heavy atom. The van der Waals surface area contributed by atoms with Crippen molar-refractivity contribution in [2.45, 2.75) is 18.9 Å². The van der Waals surface area contributed by atoms with Crippen molar-refractivity contribution >= 4 is 29.3 Å². The van der Waals surface area contributed by atoms with Crippen LogP contribution in [0.15, 0.2) is 24.3 Å². The number of carbonyl (C=O) groups is 1. The molecule has 0 spiro atoms. The molecule has 1 aromatic carbocycles. The van der Waals surface area contributed by atoms with E-state index in [-0.39, 0.29) is 0 Å². The van der Waals surface area contributed by atoms with E-state index in [1.807, 2.05) is 19.2 Å². The zero-order chi connectivity index (χ0) is 15.4. The Kier molecular flexibility index (Phi) is 5.26. The highest BCUT2D eigenvalue weighted by Gasteiger charge is 2.22. The molecule has 5 heteroatoms. The highest BCUT2D eigenvalue weighted by molar-refractivity contribution is 6.30. The van der Waals surface area contributed by atoms with E-state index in [9.17, 15) is 4.79 Å². The third kappa shape index (κ3) is 4.22. The average molecular weight is 309 g/mol. The van der Waals surface area contributed by atoms with Gasteiger partial charge in [-0.3, -0.25) is 0 Å². The first kappa shape index (κ1) is 15.9. The average Bonchev–Trinajstić information content (AvgIpc) is 2.82. The summed E-state index contributed by atoms with van der Waals surface area (Å²) in [5.41, 5.74) is 1.82. The predicted molar refractivity (Wildman–Crippen MR) is 87.0 cm³/mol. The number of likely N-dealkylation sites (N-methyl/N-ethyl adjacent to an activating group) is 2. The van der Waals surface area contributed by atoms with Gasteiger partial charge in [0.05, 0.1) is 0 Å². The fraction of sp³-hybridized carbons (Fsp3) is 0.438. The molecule has 2 rings (SSSR count). The molecule has 1 N–H and O–H groups in total. The van der Waals surface area contributed by atoms with E-state index < -0.39 is 5.97 Å². The van der Waals surface area contributed by atoms with E-state index in [0.717, 1.165) is 30.4 Å². The first-order valence-corrected chi connectivity index (χ1v) is 7.47. The van der Waals surface area contributed by atoms with Gasteiger partial charge in [0, 0.05) is 36.4 Å². The van der Waals surface area contributed by atoms with Crippen molar-refractivity contribution in [2.75, 3.05) is 32.1 Å². The number of likely N-dealkylation sites (tertiary alicyclic amines) is 1. The van der Waals surface area contributed by atoms with Gasteiger partial charge in [-0.05, 0) is 56.3 Å². The van der Waals surface area contributed by atoms with Gasteiger partial charge < -0.3 is 14.9 Å². The predicted octanol–water partition coefficient (Wildman–Crippen LogP) is 2.97. The Bertz CT molecular complexity index is 545. The summed E-state index contributed by atoms with van der Waals surface area (Å²) in [6, 6.07) is 6.12. The summed E-state index contributed by atoms with van der Waals surface area (Å²) < 4.78 is 0. The van der Waals surface area contributed by atoms with Crippen molar-refractivity contribution < 1.29 is 9.90 Å². The lowest BCUT2D eigenvalue weighted by molar-refractivity contribution is -0.131. The normalized spacial score (nSPS) is 19.3. The highest BCUT2D eigenvalue weighted by Crippen LogP contribution is 2.26. The van der Waals surface area contributed by atoms with E-state index in [1.165, 1.54) is 12.8 Å². The van der Waals surface area contributed by atoms with Crippen LogP contribution >= 0.6 is 11.6 Å². The van der Waals surface area contributed by atoms with Crippen LogP contribution in [0.4, 0.5) is 5.69 Å². The molecule has 1 aromatic rings. The Balaban J connectivity index is 2.19. The number of nitrogens with zero attached hydrogens (tertiary/aromatic N) is 2. The molecular formula is C16H21ClN2O2. The minimum atomic E-state index is -0.959. The molecule has 1 aliphatic heterocycles. The number of hydrogen-bond donors (Lipinski definition) is 1. The third-order valence-electron chi connectivity index (χ3n) is 3.96. The number of rotatable bonds is 5. The second kappa shape index (κ2) is 6.96. The minimum Gasteiger partial charge on any atom is -0.478 e. The van der Waals surface area contributed by atoms with Gasteiger partial charge in [0.25, 0.3) is 0 Å². The lowest BCUT2D eigenvalue weighted by atomic mass is 10.1. The topological polar surface area (TPSA) is 43.8 Å². The van der Waals surface area contributed by atoms with Crippen LogP contribution in [-0.4, -0.2) is 49.2 Å². The maximum absolute atomic E-state index is 10.7. The first-order chi connectivity index (χ1) is 9.97. The highest BCUT2D eigenvalue weighted by atomic mass is 35.5. The zero-order valence-electron chi connectivity index (χ0n) is 12.4. The fourth-order valence-electron chi connectivity index (χ4n) is 2.79. The Morgan fingerprint density at radius 3 is 2.95 bits per heavy atom. The number of anilines is 1. The Labute approximate surface area is 130 Å². The van der Waals surface area contributed by atoms with Crippen LogP contribution in [0, 0.1) is 0 Å². The van der Waals surface area contributed by atoms with Crippen LogP contribution < -0.4 is 4.90 Å². The second-order valence-electron chi connectivity index (χ2n) is 5.53. The molecule has 0 aliphatic carbocycles. The van der Waals surface area contributed by atoms with Crippen molar-refractivity contribution in [3.63, 3.8) is 0 Å². The molecule has 21 heavy (non-hydrogen) atoms. The van der Waals surface area contributed by atoms with Crippen LogP contribution in [0.2, 0.25) is 5.02 Å². The van der Waals surface area contributed by atoms with Crippen LogP contribution in [0.1, 0.15) is 18.4 Å². The van der Waals surface area contributed by atoms with Crippen LogP contribution in [0.25, 0.3) is 6.08 Å². The third-order valence-corrected chi connectivity index (χ3v) is 4.20. The smallest absolute Gasteiger partial charge is 0.328 e.